The first-order chi connectivity index (χ1) is 18.4. The zero-order valence-corrected chi connectivity index (χ0v) is 22.2. The van der Waals surface area contributed by atoms with Crippen molar-refractivity contribution in [3.63, 3.8) is 0 Å². The van der Waals surface area contributed by atoms with Crippen molar-refractivity contribution in [1.29, 1.82) is 0 Å². The molecule has 192 valence electrons. The average molecular weight is 504 g/mol. The number of hydrogen-bond acceptors (Lipinski definition) is 4. The van der Waals surface area contributed by atoms with E-state index in [1.54, 1.807) is 0 Å². The van der Waals surface area contributed by atoms with Crippen LogP contribution in [0.1, 0.15) is 56.3 Å². The molecule has 2 aliphatic rings. The van der Waals surface area contributed by atoms with Crippen molar-refractivity contribution in [1.82, 2.24) is 0 Å². The number of nitrogens with one attached hydrogen (secondary N) is 1. The standard InChI is InChI=1S/C34H33NO3/c1-4-37-30-18-24(15-17-29(30)38-21-22-10-6-5-7-11-22)33-32-26(19-34(2,3)20-28(32)36)31-25-13-9-8-12-23(25)14-16-27(31)35-33/h5-18,33,35H,4,19-21H2,1-3H3/t33-/m0/s1. The van der Waals surface area contributed by atoms with Gasteiger partial charge in [0.25, 0.3) is 0 Å². The van der Waals surface area contributed by atoms with E-state index in [9.17, 15) is 4.79 Å². The quantitative estimate of drug-likeness (QED) is 0.289. The number of carbonyl (C=O) groups excluding carboxylic acids is 1. The van der Waals surface area contributed by atoms with Crippen molar-refractivity contribution in [2.24, 2.45) is 5.41 Å². The molecule has 0 unspecified atom stereocenters. The molecule has 1 N–H and O–H groups in total. The maximum Gasteiger partial charge on any atom is 0.162 e. The van der Waals surface area contributed by atoms with Crippen LogP contribution in [0.15, 0.2) is 90.5 Å². The lowest BCUT2D eigenvalue weighted by atomic mass is 9.68. The Hall–Kier alpha value is -4.05. The summed E-state index contributed by atoms with van der Waals surface area (Å²) in [5, 5.41) is 6.11. The van der Waals surface area contributed by atoms with Gasteiger partial charge in [-0.2, -0.15) is 0 Å². The van der Waals surface area contributed by atoms with E-state index in [4.69, 9.17) is 9.47 Å². The van der Waals surface area contributed by atoms with E-state index < -0.39 is 0 Å². The van der Waals surface area contributed by atoms with Crippen LogP contribution in [0, 0.1) is 5.41 Å². The summed E-state index contributed by atoms with van der Waals surface area (Å²) in [7, 11) is 0. The number of ether oxygens (including phenoxy) is 2. The Morgan fingerprint density at radius 1 is 0.868 bits per heavy atom. The highest BCUT2D eigenvalue weighted by Crippen LogP contribution is 2.52. The molecule has 1 aliphatic carbocycles. The molecule has 4 aromatic carbocycles. The summed E-state index contributed by atoms with van der Waals surface area (Å²) in [5.74, 6) is 1.61. The number of hydrogen-bond donors (Lipinski definition) is 1. The fourth-order valence-corrected chi connectivity index (χ4v) is 5.91. The number of anilines is 1. The normalized spacial score (nSPS) is 18.0. The Kier molecular flexibility index (Phi) is 6.19. The van der Waals surface area contributed by atoms with Gasteiger partial charge in [0.1, 0.15) is 6.61 Å². The van der Waals surface area contributed by atoms with Gasteiger partial charge >= 0.3 is 0 Å². The van der Waals surface area contributed by atoms with Crippen LogP contribution in [0.2, 0.25) is 0 Å². The van der Waals surface area contributed by atoms with Gasteiger partial charge < -0.3 is 14.8 Å². The number of ketones is 1. The van der Waals surface area contributed by atoms with E-state index >= 15 is 0 Å². The summed E-state index contributed by atoms with van der Waals surface area (Å²) >= 11 is 0. The first kappa shape index (κ1) is 24.3. The Balaban J connectivity index is 1.44. The summed E-state index contributed by atoms with van der Waals surface area (Å²) < 4.78 is 12.2. The molecule has 4 heteroatoms. The SMILES string of the molecule is CCOc1cc([C@@H]2Nc3ccc4ccccc4c3C3=C2C(=O)CC(C)(C)C3)ccc1OCc1ccccc1. The average Bonchev–Trinajstić information content (AvgIpc) is 2.91. The van der Waals surface area contributed by atoms with Crippen LogP contribution < -0.4 is 14.8 Å². The summed E-state index contributed by atoms with van der Waals surface area (Å²) in [4.78, 5) is 13.8. The first-order valence-corrected chi connectivity index (χ1v) is 13.4. The second-order valence-electron chi connectivity index (χ2n) is 11.0. The minimum Gasteiger partial charge on any atom is -0.490 e. The molecule has 0 spiro atoms. The minimum absolute atomic E-state index is 0.0857. The second-order valence-corrected chi connectivity index (χ2v) is 11.0. The molecule has 1 heterocycles. The summed E-state index contributed by atoms with van der Waals surface area (Å²) in [6.45, 7) is 7.36. The van der Waals surface area contributed by atoms with Gasteiger partial charge in [-0.25, -0.2) is 0 Å². The highest BCUT2D eigenvalue weighted by Gasteiger charge is 2.41. The zero-order valence-electron chi connectivity index (χ0n) is 22.2. The van der Waals surface area contributed by atoms with Crippen molar-refractivity contribution in [3.8, 4) is 11.5 Å². The van der Waals surface area contributed by atoms with Gasteiger partial charge in [0.05, 0.1) is 12.6 Å². The largest absolute Gasteiger partial charge is 0.490 e. The van der Waals surface area contributed by atoms with Crippen LogP contribution in [0.5, 0.6) is 11.5 Å². The molecule has 0 saturated carbocycles. The van der Waals surface area contributed by atoms with Crippen molar-refractivity contribution in [2.45, 2.75) is 46.3 Å². The first-order valence-electron chi connectivity index (χ1n) is 13.4. The molecule has 38 heavy (non-hydrogen) atoms. The van der Waals surface area contributed by atoms with Crippen molar-refractivity contribution < 1.29 is 14.3 Å². The van der Waals surface area contributed by atoms with Crippen LogP contribution >= 0.6 is 0 Å². The monoisotopic (exact) mass is 503 g/mol. The fraction of sp³-hybridized carbons (Fsp3) is 0.265. The lowest BCUT2D eigenvalue weighted by Crippen LogP contribution is -2.33. The molecule has 0 fully saturated rings. The lowest BCUT2D eigenvalue weighted by Gasteiger charge is -2.40. The molecule has 0 saturated heterocycles. The molecule has 0 aromatic heterocycles. The van der Waals surface area contributed by atoms with Crippen LogP contribution in [0.25, 0.3) is 16.3 Å². The Morgan fingerprint density at radius 3 is 2.47 bits per heavy atom. The molecule has 4 aromatic rings. The van der Waals surface area contributed by atoms with Crippen molar-refractivity contribution >= 4 is 27.8 Å². The lowest BCUT2D eigenvalue weighted by molar-refractivity contribution is -0.118. The zero-order chi connectivity index (χ0) is 26.3. The highest BCUT2D eigenvalue weighted by atomic mass is 16.5. The number of fused-ring (bicyclic) bond motifs is 4. The molecule has 0 amide bonds. The van der Waals surface area contributed by atoms with E-state index in [1.807, 2.05) is 49.4 Å². The van der Waals surface area contributed by atoms with E-state index in [0.717, 1.165) is 28.8 Å². The molecule has 6 rings (SSSR count). The molecule has 0 radical (unpaired) electrons. The second kappa shape index (κ2) is 9.68. The molecular weight excluding hydrogens is 470 g/mol. The molecular formula is C34H33NO3. The van der Waals surface area contributed by atoms with Crippen LogP contribution in [-0.2, 0) is 11.4 Å². The van der Waals surface area contributed by atoms with Gasteiger partial charge in [-0.05, 0) is 64.4 Å². The number of Topliss-reactive ketones (excluding diaryl/α,β-unsaturated/α-hetero) is 1. The van der Waals surface area contributed by atoms with Crippen LogP contribution in [-0.4, -0.2) is 12.4 Å². The van der Waals surface area contributed by atoms with E-state index in [-0.39, 0.29) is 17.2 Å². The van der Waals surface area contributed by atoms with Crippen molar-refractivity contribution in [2.75, 3.05) is 11.9 Å². The predicted molar refractivity (Wildman–Crippen MR) is 154 cm³/mol. The van der Waals surface area contributed by atoms with Crippen molar-refractivity contribution in [3.05, 3.63) is 107 Å². The third-order valence-electron chi connectivity index (χ3n) is 7.58. The molecule has 1 aliphatic heterocycles. The third-order valence-corrected chi connectivity index (χ3v) is 7.58. The van der Waals surface area contributed by atoms with Gasteiger partial charge in [-0.1, -0.05) is 80.6 Å². The van der Waals surface area contributed by atoms with Gasteiger partial charge in [0.2, 0.25) is 0 Å². The minimum atomic E-state index is -0.246. The Morgan fingerprint density at radius 2 is 1.66 bits per heavy atom. The van der Waals surface area contributed by atoms with Crippen LogP contribution in [0.3, 0.4) is 0 Å². The Bertz CT molecular complexity index is 1550. The highest BCUT2D eigenvalue weighted by molar-refractivity contribution is 6.12. The fourth-order valence-electron chi connectivity index (χ4n) is 5.91. The van der Waals surface area contributed by atoms with Gasteiger partial charge in [-0.15, -0.1) is 0 Å². The number of rotatable bonds is 6. The smallest absolute Gasteiger partial charge is 0.162 e. The Labute approximate surface area is 224 Å². The van der Waals surface area contributed by atoms with Crippen LogP contribution in [0.4, 0.5) is 5.69 Å². The maximum absolute atomic E-state index is 13.8. The summed E-state index contributed by atoms with van der Waals surface area (Å²) in [6.07, 6.45) is 1.41. The molecule has 0 bridgehead atoms. The number of benzene rings is 4. The van der Waals surface area contributed by atoms with E-state index in [1.165, 1.54) is 21.9 Å². The maximum atomic E-state index is 13.8. The predicted octanol–water partition coefficient (Wildman–Crippen LogP) is 8.13. The molecule has 4 nitrogen and oxygen atoms in total. The van der Waals surface area contributed by atoms with Gasteiger partial charge in [-0.3, -0.25) is 4.79 Å². The number of allylic oxidation sites excluding steroid dienone is 1. The molecule has 1 atom stereocenters. The summed E-state index contributed by atoms with van der Waals surface area (Å²) in [5.41, 5.74) is 6.31. The number of carbonyl (C=O) groups is 1. The van der Waals surface area contributed by atoms with Gasteiger partial charge in [0.15, 0.2) is 17.3 Å². The van der Waals surface area contributed by atoms with Gasteiger partial charge in [0, 0.05) is 23.2 Å². The van der Waals surface area contributed by atoms with E-state index in [2.05, 4.69) is 61.6 Å². The summed E-state index contributed by atoms with van der Waals surface area (Å²) in [6, 6.07) is 28.7. The third kappa shape index (κ3) is 4.45. The topological polar surface area (TPSA) is 47.6 Å². The van der Waals surface area contributed by atoms with E-state index in [0.29, 0.717) is 31.1 Å².